The highest BCUT2D eigenvalue weighted by Gasteiger charge is 2.27. The molecule has 0 bridgehead atoms. The van der Waals surface area contributed by atoms with E-state index in [1.165, 1.54) is 29.7 Å². The van der Waals surface area contributed by atoms with Gasteiger partial charge in [-0.3, -0.25) is 9.29 Å². The fraction of sp³-hybridized carbons (Fsp3) is 0.214. The zero-order valence-corrected chi connectivity index (χ0v) is 12.6. The molecule has 1 aromatic heterocycles. The molecule has 0 atom stereocenters. The number of nitrogens with zero attached hydrogens (tertiary/aromatic N) is 2. The lowest BCUT2D eigenvalue weighted by atomic mass is 10.2. The predicted octanol–water partition coefficient (Wildman–Crippen LogP) is 2.33. The molecule has 1 aromatic carbocycles. The van der Waals surface area contributed by atoms with E-state index in [-0.39, 0.29) is 22.7 Å². The maximum absolute atomic E-state index is 13.8. The predicted molar refractivity (Wildman–Crippen MR) is 80.0 cm³/mol. The number of benzene rings is 1. The van der Waals surface area contributed by atoms with Gasteiger partial charge in [0.25, 0.3) is 10.0 Å². The van der Waals surface area contributed by atoms with Crippen LogP contribution in [0.3, 0.4) is 0 Å². The Kier molecular flexibility index (Phi) is 4.13. The molecule has 0 saturated heterocycles. The quantitative estimate of drug-likeness (QED) is 0.879. The van der Waals surface area contributed by atoms with E-state index in [1.54, 1.807) is 19.1 Å². The lowest BCUT2D eigenvalue weighted by Gasteiger charge is -2.24. The summed E-state index contributed by atoms with van der Waals surface area (Å²) in [5, 5.41) is 0. The Morgan fingerprint density at radius 2 is 1.90 bits per heavy atom. The van der Waals surface area contributed by atoms with Crippen LogP contribution in [0.5, 0.6) is 0 Å². The molecule has 0 saturated carbocycles. The van der Waals surface area contributed by atoms with Gasteiger partial charge in [0.15, 0.2) is 0 Å². The number of nitrogen functional groups attached to an aromatic ring is 1. The van der Waals surface area contributed by atoms with Crippen molar-refractivity contribution in [2.45, 2.75) is 18.7 Å². The summed E-state index contributed by atoms with van der Waals surface area (Å²) in [5.74, 6) is -0.639. The van der Waals surface area contributed by atoms with Gasteiger partial charge in [0, 0.05) is 30.2 Å². The highest BCUT2D eigenvalue weighted by Crippen LogP contribution is 2.28. The molecule has 5 nitrogen and oxygen atoms in total. The molecule has 0 fully saturated rings. The lowest BCUT2D eigenvalue weighted by molar-refractivity contribution is 0.583. The highest BCUT2D eigenvalue weighted by molar-refractivity contribution is 7.92. The SMILES string of the molecule is CCN(c1ccncc1)S(=O)(=O)c1cc(N)cc(F)c1C. The molecule has 0 radical (unpaired) electrons. The molecule has 0 spiro atoms. The molecule has 0 aliphatic carbocycles. The monoisotopic (exact) mass is 309 g/mol. The van der Waals surface area contributed by atoms with Crippen LogP contribution in [0.25, 0.3) is 0 Å². The van der Waals surface area contributed by atoms with Crippen molar-refractivity contribution in [1.82, 2.24) is 4.98 Å². The first kappa shape index (κ1) is 15.2. The third kappa shape index (κ3) is 2.82. The topological polar surface area (TPSA) is 76.3 Å². The van der Waals surface area contributed by atoms with E-state index < -0.39 is 15.8 Å². The number of halogens is 1. The first-order valence-corrected chi connectivity index (χ1v) is 7.80. The van der Waals surface area contributed by atoms with Crippen LogP contribution in [0.1, 0.15) is 12.5 Å². The summed E-state index contributed by atoms with van der Waals surface area (Å²) in [6.45, 7) is 3.33. The molecule has 2 N–H and O–H groups in total. The second-order valence-electron chi connectivity index (χ2n) is 4.50. The van der Waals surface area contributed by atoms with Crippen molar-refractivity contribution in [3.8, 4) is 0 Å². The summed E-state index contributed by atoms with van der Waals surface area (Å²) in [6.07, 6.45) is 3.00. The van der Waals surface area contributed by atoms with Crippen molar-refractivity contribution in [1.29, 1.82) is 0 Å². The van der Waals surface area contributed by atoms with Gasteiger partial charge in [0.1, 0.15) is 5.82 Å². The van der Waals surface area contributed by atoms with Gasteiger partial charge < -0.3 is 5.73 Å². The van der Waals surface area contributed by atoms with E-state index in [0.29, 0.717) is 5.69 Å². The maximum atomic E-state index is 13.8. The Balaban J connectivity index is 2.61. The fourth-order valence-corrected chi connectivity index (χ4v) is 3.81. The number of aromatic nitrogens is 1. The Hall–Kier alpha value is -2.15. The van der Waals surface area contributed by atoms with Crippen LogP contribution in [0.4, 0.5) is 15.8 Å². The molecule has 0 aliphatic heterocycles. The van der Waals surface area contributed by atoms with Crippen molar-refractivity contribution in [2.24, 2.45) is 0 Å². The van der Waals surface area contributed by atoms with E-state index in [2.05, 4.69) is 4.98 Å². The average Bonchev–Trinajstić information content (AvgIpc) is 2.44. The van der Waals surface area contributed by atoms with Gasteiger partial charge >= 0.3 is 0 Å². The van der Waals surface area contributed by atoms with Crippen LogP contribution in [0.2, 0.25) is 0 Å². The van der Waals surface area contributed by atoms with Gasteiger partial charge in [-0.1, -0.05) is 0 Å². The number of hydrogen-bond donors (Lipinski definition) is 1. The normalized spacial score (nSPS) is 11.4. The van der Waals surface area contributed by atoms with Gasteiger partial charge in [-0.15, -0.1) is 0 Å². The van der Waals surface area contributed by atoms with E-state index in [9.17, 15) is 12.8 Å². The standard InChI is InChI=1S/C14H16FN3O2S/c1-3-18(12-4-6-17-7-5-12)21(19,20)14-9-11(16)8-13(15)10(14)2/h4-9H,3,16H2,1-2H3. The Labute approximate surface area is 123 Å². The van der Waals surface area contributed by atoms with Crippen LogP contribution in [0.15, 0.2) is 41.6 Å². The summed E-state index contributed by atoms with van der Waals surface area (Å²) in [4.78, 5) is 3.73. The summed E-state index contributed by atoms with van der Waals surface area (Å²) in [5.41, 5.74) is 6.16. The van der Waals surface area contributed by atoms with E-state index in [0.717, 1.165) is 6.07 Å². The summed E-state index contributed by atoms with van der Waals surface area (Å²) < 4.78 is 40.5. The molecule has 112 valence electrons. The van der Waals surface area contributed by atoms with Gasteiger partial charge in [-0.25, -0.2) is 12.8 Å². The molecule has 0 amide bonds. The van der Waals surface area contributed by atoms with Crippen molar-refractivity contribution < 1.29 is 12.8 Å². The zero-order chi connectivity index (χ0) is 15.6. The molecule has 0 unspecified atom stereocenters. The van der Waals surface area contributed by atoms with E-state index >= 15 is 0 Å². The summed E-state index contributed by atoms with van der Waals surface area (Å²) in [7, 11) is -3.89. The third-order valence-corrected chi connectivity index (χ3v) is 5.15. The average molecular weight is 309 g/mol. The van der Waals surface area contributed by atoms with Crippen molar-refractivity contribution in [2.75, 3.05) is 16.6 Å². The number of sulfonamides is 1. The van der Waals surface area contributed by atoms with Gasteiger partial charge in [0.2, 0.25) is 0 Å². The Morgan fingerprint density at radius 1 is 1.29 bits per heavy atom. The van der Waals surface area contributed by atoms with Crippen LogP contribution >= 0.6 is 0 Å². The molecule has 1 heterocycles. The van der Waals surface area contributed by atoms with Gasteiger partial charge in [0.05, 0.1) is 10.6 Å². The van der Waals surface area contributed by atoms with Crippen molar-refractivity contribution >= 4 is 21.4 Å². The highest BCUT2D eigenvalue weighted by atomic mass is 32.2. The van der Waals surface area contributed by atoms with Crippen molar-refractivity contribution in [3.63, 3.8) is 0 Å². The summed E-state index contributed by atoms with van der Waals surface area (Å²) in [6, 6.07) is 5.55. The van der Waals surface area contributed by atoms with Gasteiger partial charge in [-0.2, -0.15) is 0 Å². The minimum Gasteiger partial charge on any atom is -0.399 e. The van der Waals surface area contributed by atoms with Gasteiger partial charge in [-0.05, 0) is 38.1 Å². The second kappa shape index (κ2) is 5.69. The van der Waals surface area contributed by atoms with Crippen LogP contribution in [-0.2, 0) is 10.0 Å². The van der Waals surface area contributed by atoms with E-state index in [1.807, 2.05) is 0 Å². The fourth-order valence-electron chi connectivity index (χ4n) is 2.06. The summed E-state index contributed by atoms with van der Waals surface area (Å²) >= 11 is 0. The third-order valence-electron chi connectivity index (χ3n) is 3.12. The second-order valence-corrected chi connectivity index (χ2v) is 6.33. The van der Waals surface area contributed by atoms with Crippen LogP contribution < -0.4 is 10.0 Å². The molecule has 0 aliphatic rings. The van der Waals surface area contributed by atoms with Crippen molar-refractivity contribution in [3.05, 3.63) is 48.0 Å². The Morgan fingerprint density at radius 3 is 2.48 bits per heavy atom. The van der Waals surface area contributed by atoms with Crippen LogP contribution in [-0.4, -0.2) is 19.9 Å². The largest absolute Gasteiger partial charge is 0.399 e. The maximum Gasteiger partial charge on any atom is 0.264 e. The molecule has 21 heavy (non-hydrogen) atoms. The molecular formula is C14H16FN3O2S. The number of anilines is 2. The molecule has 2 rings (SSSR count). The first-order valence-electron chi connectivity index (χ1n) is 6.36. The van der Waals surface area contributed by atoms with Crippen LogP contribution in [0, 0.1) is 12.7 Å². The van der Waals surface area contributed by atoms with E-state index in [4.69, 9.17) is 5.73 Å². The number of rotatable bonds is 4. The minimum atomic E-state index is -3.89. The first-order chi connectivity index (χ1) is 9.87. The zero-order valence-electron chi connectivity index (χ0n) is 11.7. The number of hydrogen-bond acceptors (Lipinski definition) is 4. The molecule has 2 aromatic rings. The minimum absolute atomic E-state index is 0.0525. The smallest absolute Gasteiger partial charge is 0.264 e. The lowest BCUT2D eigenvalue weighted by Crippen LogP contribution is -2.31. The molecule has 7 heteroatoms. The number of nitrogens with two attached hydrogens (primary N) is 1. The Bertz CT molecular complexity index is 748. The molecular weight excluding hydrogens is 293 g/mol. The number of pyridine rings is 1.